The lowest BCUT2D eigenvalue weighted by Crippen LogP contribution is -2.40. The van der Waals surface area contributed by atoms with Crippen LogP contribution >= 0.6 is 0 Å². The average Bonchev–Trinajstić information content (AvgIpc) is 2.68. The van der Waals surface area contributed by atoms with Crippen LogP contribution in [-0.4, -0.2) is 45.5 Å². The number of ether oxygens (including phenoxy) is 1. The SMILES string of the molecule is CCc1ccc(NS(=O)(=O)c2cccc(C(=O)N3CCOCC3)c2)cc1. The summed E-state index contributed by atoms with van der Waals surface area (Å²) in [6, 6.07) is 13.4. The van der Waals surface area contributed by atoms with Crippen molar-refractivity contribution in [3.8, 4) is 0 Å². The maximum Gasteiger partial charge on any atom is 0.261 e. The van der Waals surface area contributed by atoms with Crippen LogP contribution in [0.25, 0.3) is 0 Å². The number of aryl methyl sites for hydroxylation is 1. The molecule has 0 aliphatic carbocycles. The summed E-state index contributed by atoms with van der Waals surface area (Å²) >= 11 is 0. The lowest BCUT2D eigenvalue weighted by Gasteiger charge is -2.27. The Bertz CT molecular complexity index is 873. The minimum Gasteiger partial charge on any atom is -0.378 e. The van der Waals surface area contributed by atoms with Crippen molar-refractivity contribution in [1.82, 2.24) is 4.90 Å². The van der Waals surface area contributed by atoms with Crippen molar-refractivity contribution in [3.05, 3.63) is 59.7 Å². The number of carbonyl (C=O) groups excluding carboxylic acids is 1. The van der Waals surface area contributed by atoms with Gasteiger partial charge in [-0.2, -0.15) is 0 Å². The fourth-order valence-electron chi connectivity index (χ4n) is 2.77. The zero-order valence-electron chi connectivity index (χ0n) is 14.6. The first-order chi connectivity index (χ1) is 12.5. The molecule has 0 saturated carbocycles. The summed E-state index contributed by atoms with van der Waals surface area (Å²) in [7, 11) is -3.77. The molecule has 138 valence electrons. The lowest BCUT2D eigenvalue weighted by molar-refractivity contribution is 0.0302. The van der Waals surface area contributed by atoms with Crippen LogP contribution < -0.4 is 4.72 Å². The number of hydrogen-bond donors (Lipinski definition) is 1. The van der Waals surface area contributed by atoms with E-state index in [1.54, 1.807) is 29.2 Å². The summed E-state index contributed by atoms with van der Waals surface area (Å²) in [5.74, 6) is -0.183. The first kappa shape index (κ1) is 18.4. The number of benzene rings is 2. The number of nitrogens with one attached hydrogen (secondary N) is 1. The van der Waals surface area contributed by atoms with Crippen LogP contribution in [0.5, 0.6) is 0 Å². The molecule has 1 fully saturated rings. The van der Waals surface area contributed by atoms with Crippen LogP contribution in [0.2, 0.25) is 0 Å². The Morgan fingerprint density at radius 1 is 1.12 bits per heavy atom. The van der Waals surface area contributed by atoms with E-state index in [9.17, 15) is 13.2 Å². The summed E-state index contributed by atoms with van der Waals surface area (Å²) in [6.07, 6.45) is 0.888. The smallest absolute Gasteiger partial charge is 0.261 e. The van der Waals surface area contributed by atoms with E-state index in [0.717, 1.165) is 12.0 Å². The van der Waals surface area contributed by atoms with Crippen LogP contribution in [0.15, 0.2) is 53.4 Å². The number of anilines is 1. The van der Waals surface area contributed by atoms with E-state index in [4.69, 9.17) is 4.74 Å². The Morgan fingerprint density at radius 2 is 1.81 bits per heavy atom. The van der Waals surface area contributed by atoms with E-state index in [1.165, 1.54) is 12.1 Å². The molecular formula is C19H22N2O4S. The van der Waals surface area contributed by atoms with Crippen LogP contribution in [0.4, 0.5) is 5.69 Å². The van der Waals surface area contributed by atoms with Crippen LogP contribution in [0.3, 0.4) is 0 Å². The molecule has 2 aromatic rings. The van der Waals surface area contributed by atoms with Crippen molar-refractivity contribution in [2.24, 2.45) is 0 Å². The van der Waals surface area contributed by atoms with Gasteiger partial charge in [-0.25, -0.2) is 8.42 Å². The second-order valence-electron chi connectivity index (χ2n) is 6.09. The van der Waals surface area contributed by atoms with Crippen molar-refractivity contribution < 1.29 is 17.9 Å². The minimum absolute atomic E-state index is 0.0659. The summed E-state index contributed by atoms with van der Waals surface area (Å²) in [5, 5.41) is 0. The van der Waals surface area contributed by atoms with Gasteiger partial charge in [0, 0.05) is 24.3 Å². The third-order valence-electron chi connectivity index (χ3n) is 4.30. The molecule has 0 spiro atoms. The molecule has 0 atom stereocenters. The van der Waals surface area contributed by atoms with Gasteiger partial charge in [0.05, 0.1) is 18.1 Å². The lowest BCUT2D eigenvalue weighted by atomic mass is 10.2. The van der Waals surface area contributed by atoms with Gasteiger partial charge in [0.25, 0.3) is 15.9 Å². The highest BCUT2D eigenvalue weighted by atomic mass is 32.2. The Balaban J connectivity index is 1.80. The van der Waals surface area contributed by atoms with Crippen LogP contribution in [0.1, 0.15) is 22.8 Å². The van der Waals surface area contributed by atoms with E-state index in [-0.39, 0.29) is 10.8 Å². The number of hydrogen-bond acceptors (Lipinski definition) is 4. The Hall–Kier alpha value is -2.38. The van der Waals surface area contributed by atoms with Crippen molar-refractivity contribution in [1.29, 1.82) is 0 Å². The van der Waals surface area contributed by atoms with Gasteiger partial charge in [-0.05, 0) is 42.3 Å². The van der Waals surface area contributed by atoms with E-state index in [1.807, 2.05) is 19.1 Å². The van der Waals surface area contributed by atoms with Gasteiger partial charge in [-0.1, -0.05) is 25.1 Å². The molecular weight excluding hydrogens is 352 g/mol. The summed E-state index contributed by atoms with van der Waals surface area (Å²) in [4.78, 5) is 14.3. The van der Waals surface area contributed by atoms with Crippen LogP contribution in [0, 0.1) is 0 Å². The fourth-order valence-corrected chi connectivity index (χ4v) is 3.87. The van der Waals surface area contributed by atoms with E-state index < -0.39 is 10.0 Å². The molecule has 1 heterocycles. The molecule has 2 aromatic carbocycles. The van der Waals surface area contributed by atoms with E-state index in [0.29, 0.717) is 37.6 Å². The average molecular weight is 374 g/mol. The number of rotatable bonds is 5. The highest BCUT2D eigenvalue weighted by molar-refractivity contribution is 7.92. The van der Waals surface area contributed by atoms with Gasteiger partial charge in [0.15, 0.2) is 0 Å². The fraction of sp³-hybridized carbons (Fsp3) is 0.316. The topological polar surface area (TPSA) is 75.7 Å². The minimum atomic E-state index is -3.77. The molecule has 1 saturated heterocycles. The van der Waals surface area contributed by atoms with Crippen LogP contribution in [-0.2, 0) is 21.2 Å². The molecule has 7 heteroatoms. The molecule has 1 aliphatic rings. The maximum absolute atomic E-state index is 12.7. The van der Waals surface area contributed by atoms with Gasteiger partial charge in [0.2, 0.25) is 0 Å². The third-order valence-corrected chi connectivity index (χ3v) is 5.68. The highest BCUT2D eigenvalue weighted by Crippen LogP contribution is 2.19. The van der Waals surface area contributed by atoms with Crippen molar-refractivity contribution >= 4 is 21.6 Å². The Morgan fingerprint density at radius 3 is 2.46 bits per heavy atom. The van der Waals surface area contributed by atoms with Crippen molar-refractivity contribution in [2.75, 3.05) is 31.0 Å². The summed E-state index contributed by atoms with van der Waals surface area (Å²) in [5.41, 5.74) is 1.98. The predicted molar refractivity (Wildman–Crippen MR) is 99.8 cm³/mol. The van der Waals surface area contributed by atoms with Gasteiger partial charge < -0.3 is 9.64 Å². The van der Waals surface area contributed by atoms with Gasteiger partial charge in [-0.15, -0.1) is 0 Å². The molecule has 3 rings (SSSR count). The standard InChI is InChI=1S/C19H22N2O4S/c1-2-15-6-8-17(9-7-15)20-26(23,24)18-5-3-4-16(14-18)19(22)21-10-12-25-13-11-21/h3-9,14,20H,2,10-13H2,1H3. The molecule has 1 amide bonds. The Labute approximate surface area is 153 Å². The third kappa shape index (κ3) is 4.23. The molecule has 26 heavy (non-hydrogen) atoms. The van der Waals surface area contributed by atoms with Crippen molar-refractivity contribution in [3.63, 3.8) is 0 Å². The number of morpholine rings is 1. The van der Waals surface area contributed by atoms with E-state index >= 15 is 0 Å². The Kier molecular flexibility index (Phi) is 5.58. The number of sulfonamides is 1. The van der Waals surface area contributed by atoms with Gasteiger partial charge >= 0.3 is 0 Å². The summed E-state index contributed by atoms with van der Waals surface area (Å²) in [6.45, 7) is 4.06. The second kappa shape index (κ2) is 7.88. The van der Waals surface area contributed by atoms with Gasteiger partial charge in [-0.3, -0.25) is 9.52 Å². The second-order valence-corrected chi connectivity index (χ2v) is 7.77. The van der Waals surface area contributed by atoms with Crippen molar-refractivity contribution in [2.45, 2.75) is 18.2 Å². The normalized spacial score (nSPS) is 14.9. The molecule has 0 unspecified atom stereocenters. The van der Waals surface area contributed by atoms with E-state index in [2.05, 4.69) is 4.72 Å². The molecule has 0 radical (unpaired) electrons. The maximum atomic E-state index is 12.7. The number of carbonyl (C=O) groups is 1. The highest BCUT2D eigenvalue weighted by Gasteiger charge is 2.21. The van der Waals surface area contributed by atoms with Gasteiger partial charge in [0.1, 0.15) is 0 Å². The molecule has 1 aliphatic heterocycles. The molecule has 0 aromatic heterocycles. The largest absolute Gasteiger partial charge is 0.378 e. The zero-order chi connectivity index (χ0) is 18.6. The monoisotopic (exact) mass is 374 g/mol. The predicted octanol–water partition coefficient (Wildman–Crippen LogP) is 2.52. The summed E-state index contributed by atoms with van der Waals surface area (Å²) < 4.78 is 33.1. The molecule has 1 N–H and O–H groups in total. The number of nitrogens with zero attached hydrogens (tertiary/aromatic N) is 1. The zero-order valence-corrected chi connectivity index (χ0v) is 15.5. The first-order valence-electron chi connectivity index (χ1n) is 8.58. The quantitative estimate of drug-likeness (QED) is 0.873. The molecule has 0 bridgehead atoms. The number of amides is 1. The molecule has 6 nitrogen and oxygen atoms in total. The first-order valence-corrected chi connectivity index (χ1v) is 10.1.